The second-order valence-corrected chi connectivity index (χ2v) is 12.2. The Kier molecular flexibility index (Phi) is 6.54. The van der Waals surface area contributed by atoms with Crippen molar-refractivity contribution in [2.75, 3.05) is 4.90 Å². The van der Waals surface area contributed by atoms with E-state index in [0.29, 0.717) is 0 Å². The van der Waals surface area contributed by atoms with Crippen molar-refractivity contribution >= 4 is 60.2 Å². The van der Waals surface area contributed by atoms with E-state index >= 15 is 0 Å². The molecule has 0 aliphatic carbocycles. The van der Waals surface area contributed by atoms with Gasteiger partial charge in [0.15, 0.2) is 0 Å². The second kappa shape index (κ2) is 11.3. The van der Waals surface area contributed by atoms with E-state index in [1.165, 1.54) is 65.3 Å². The van der Waals surface area contributed by atoms with Gasteiger partial charge in [-0.05, 0) is 120 Å². The molecule has 0 radical (unpaired) electrons. The summed E-state index contributed by atoms with van der Waals surface area (Å²) in [5.74, 6) is 0. The summed E-state index contributed by atoms with van der Waals surface area (Å²) in [7, 11) is 0. The van der Waals surface area contributed by atoms with Gasteiger partial charge in [0, 0.05) is 17.1 Å². The molecule has 0 N–H and O–H groups in total. The number of nitrogens with zero attached hydrogens (tertiary/aromatic N) is 1. The van der Waals surface area contributed by atoms with Crippen molar-refractivity contribution in [1.29, 1.82) is 0 Å². The highest BCUT2D eigenvalue weighted by molar-refractivity contribution is 6.14. The molecule has 0 saturated carbocycles. The second-order valence-electron chi connectivity index (χ2n) is 12.2. The molecular formula is C46H31N. The first kappa shape index (κ1) is 27.2. The molecule has 0 fully saturated rings. The summed E-state index contributed by atoms with van der Waals surface area (Å²) in [4.78, 5) is 2.33. The summed E-state index contributed by atoms with van der Waals surface area (Å²) in [5.41, 5.74) is 8.33. The number of hydrogen-bond donors (Lipinski definition) is 0. The number of fused-ring (bicyclic) bond motifs is 5. The Hall–Kier alpha value is -6.18. The molecule has 9 rings (SSSR count). The Morgan fingerprint density at radius 3 is 1.55 bits per heavy atom. The fourth-order valence-corrected chi connectivity index (χ4v) is 7.03. The lowest BCUT2D eigenvalue weighted by Crippen LogP contribution is -2.09. The molecule has 0 unspecified atom stereocenters. The van der Waals surface area contributed by atoms with E-state index in [-0.39, 0.29) is 0 Å². The summed E-state index contributed by atoms with van der Waals surface area (Å²) in [6, 6.07) is 68.2. The first-order chi connectivity index (χ1) is 23.3. The Morgan fingerprint density at radius 2 is 0.766 bits per heavy atom. The summed E-state index contributed by atoms with van der Waals surface area (Å²) in [6.07, 6.45) is 0. The number of para-hydroxylation sites is 1. The van der Waals surface area contributed by atoms with E-state index in [2.05, 4.69) is 193 Å². The van der Waals surface area contributed by atoms with E-state index in [1.54, 1.807) is 0 Å². The largest absolute Gasteiger partial charge is 0.310 e. The molecular weight excluding hydrogens is 567 g/mol. The van der Waals surface area contributed by atoms with Gasteiger partial charge in [-0.2, -0.15) is 0 Å². The monoisotopic (exact) mass is 597 g/mol. The van der Waals surface area contributed by atoms with Crippen LogP contribution in [-0.2, 0) is 0 Å². The van der Waals surface area contributed by atoms with Gasteiger partial charge in [-0.1, -0.05) is 133 Å². The van der Waals surface area contributed by atoms with E-state index in [1.807, 2.05) is 0 Å². The minimum Gasteiger partial charge on any atom is -0.310 e. The molecule has 47 heavy (non-hydrogen) atoms. The average Bonchev–Trinajstić information content (AvgIpc) is 3.15. The fourth-order valence-electron chi connectivity index (χ4n) is 7.03. The van der Waals surface area contributed by atoms with Gasteiger partial charge in [-0.15, -0.1) is 0 Å². The normalized spacial score (nSPS) is 11.4. The molecule has 0 aliphatic rings. The van der Waals surface area contributed by atoms with Crippen molar-refractivity contribution in [3.63, 3.8) is 0 Å². The third-order valence-corrected chi connectivity index (χ3v) is 9.38. The summed E-state index contributed by atoms with van der Waals surface area (Å²) < 4.78 is 0. The topological polar surface area (TPSA) is 3.24 Å². The van der Waals surface area contributed by atoms with E-state index < -0.39 is 0 Å². The lowest BCUT2D eigenvalue weighted by molar-refractivity contribution is 1.29. The highest BCUT2D eigenvalue weighted by Crippen LogP contribution is 2.39. The van der Waals surface area contributed by atoms with Gasteiger partial charge in [0.2, 0.25) is 0 Å². The zero-order valence-corrected chi connectivity index (χ0v) is 25.8. The molecule has 0 aliphatic heterocycles. The zero-order valence-electron chi connectivity index (χ0n) is 25.8. The molecule has 0 spiro atoms. The number of anilines is 3. The van der Waals surface area contributed by atoms with Gasteiger partial charge in [-0.25, -0.2) is 0 Å². The van der Waals surface area contributed by atoms with Crippen LogP contribution in [0.4, 0.5) is 17.1 Å². The Bertz CT molecular complexity index is 2560. The third-order valence-electron chi connectivity index (χ3n) is 9.38. The molecule has 1 heteroatoms. The van der Waals surface area contributed by atoms with Crippen molar-refractivity contribution < 1.29 is 0 Å². The minimum absolute atomic E-state index is 1.13. The number of benzene rings is 9. The molecule has 0 saturated heterocycles. The quantitative estimate of drug-likeness (QED) is 0.178. The van der Waals surface area contributed by atoms with Crippen LogP contribution in [0, 0.1) is 0 Å². The predicted molar refractivity (Wildman–Crippen MR) is 202 cm³/mol. The minimum atomic E-state index is 1.13. The maximum atomic E-state index is 2.34. The molecule has 0 atom stereocenters. The molecule has 0 amide bonds. The molecule has 9 aromatic rings. The highest BCUT2D eigenvalue weighted by atomic mass is 15.1. The van der Waals surface area contributed by atoms with Crippen molar-refractivity contribution in [3.8, 4) is 22.3 Å². The van der Waals surface area contributed by atoms with Gasteiger partial charge in [0.1, 0.15) is 0 Å². The van der Waals surface area contributed by atoms with Crippen molar-refractivity contribution in [2.45, 2.75) is 0 Å². The van der Waals surface area contributed by atoms with E-state index in [9.17, 15) is 0 Å². The summed E-state index contributed by atoms with van der Waals surface area (Å²) in [6.45, 7) is 0. The van der Waals surface area contributed by atoms with Crippen LogP contribution >= 0.6 is 0 Å². The predicted octanol–water partition coefficient (Wildman–Crippen LogP) is 13.1. The summed E-state index contributed by atoms with van der Waals surface area (Å²) in [5, 5.41) is 10.1. The van der Waals surface area contributed by atoms with Gasteiger partial charge in [0.25, 0.3) is 0 Å². The molecule has 0 bridgehead atoms. The maximum absolute atomic E-state index is 2.34. The molecule has 0 aromatic heterocycles. The van der Waals surface area contributed by atoms with Gasteiger partial charge >= 0.3 is 0 Å². The standard InChI is InChI=1S/C46H31N/c1-2-13-40(14-3-1)47(42-27-24-32-10-4-5-11-34(32)30-42)41-25-22-33(23-26-41)35-18-19-37-29-39(21-20-36(37)28-35)46-31-38-12-6-7-15-43(38)44-16-8-9-17-45(44)46/h1-31H. The lowest BCUT2D eigenvalue weighted by atomic mass is 9.92. The molecule has 0 heterocycles. The highest BCUT2D eigenvalue weighted by Gasteiger charge is 2.14. The molecule has 220 valence electrons. The van der Waals surface area contributed by atoms with Crippen LogP contribution in [0.1, 0.15) is 0 Å². The number of rotatable bonds is 5. The van der Waals surface area contributed by atoms with Crippen LogP contribution in [-0.4, -0.2) is 0 Å². The maximum Gasteiger partial charge on any atom is 0.0468 e. The lowest BCUT2D eigenvalue weighted by Gasteiger charge is -2.26. The van der Waals surface area contributed by atoms with Gasteiger partial charge < -0.3 is 4.90 Å². The SMILES string of the molecule is c1ccc(N(c2ccc(-c3ccc4cc(-c5cc6ccccc6c6ccccc56)ccc4c3)cc2)c2ccc3ccccc3c2)cc1. The van der Waals surface area contributed by atoms with E-state index in [4.69, 9.17) is 0 Å². The van der Waals surface area contributed by atoms with Gasteiger partial charge in [-0.3, -0.25) is 0 Å². The first-order valence-electron chi connectivity index (χ1n) is 16.2. The third kappa shape index (κ3) is 4.90. The van der Waals surface area contributed by atoms with E-state index in [0.717, 1.165) is 17.1 Å². The Balaban J connectivity index is 1.07. The van der Waals surface area contributed by atoms with Crippen LogP contribution in [0.3, 0.4) is 0 Å². The van der Waals surface area contributed by atoms with Crippen LogP contribution < -0.4 is 4.90 Å². The first-order valence-corrected chi connectivity index (χ1v) is 16.2. The van der Waals surface area contributed by atoms with Crippen molar-refractivity contribution in [3.05, 3.63) is 188 Å². The van der Waals surface area contributed by atoms with Gasteiger partial charge in [0.05, 0.1) is 0 Å². The Labute approximate surface area is 274 Å². The fraction of sp³-hybridized carbons (Fsp3) is 0. The van der Waals surface area contributed by atoms with Crippen molar-refractivity contribution in [1.82, 2.24) is 0 Å². The van der Waals surface area contributed by atoms with Crippen LogP contribution in [0.5, 0.6) is 0 Å². The Morgan fingerprint density at radius 1 is 0.255 bits per heavy atom. The molecule has 9 aromatic carbocycles. The van der Waals surface area contributed by atoms with Crippen LogP contribution in [0.15, 0.2) is 188 Å². The van der Waals surface area contributed by atoms with Crippen LogP contribution in [0.25, 0.3) is 65.3 Å². The number of hydrogen-bond acceptors (Lipinski definition) is 1. The zero-order chi connectivity index (χ0) is 31.2. The van der Waals surface area contributed by atoms with Crippen molar-refractivity contribution in [2.24, 2.45) is 0 Å². The average molecular weight is 598 g/mol. The molecule has 1 nitrogen and oxygen atoms in total. The van der Waals surface area contributed by atoms with Crippen LogP contribution in [0.2, 0.25) is 0 Å². The smallest absolute Gasteiger partial charge is 0.0468 e. The summed E-state index contributed by atoms with van der Waals surface area (Å²) >= 11 is 0.